The predicted octanol–water partition coefficient (Wildman–Crippen LogP) is 0.861. The molecule has 4 N–H and O–H groups in total. The van der Waals surface area contributed by atoms with Crippen LogP contribution < -0.4 is 15.8 Å². The summed E-state index contributed by atoms with van der Waals surface area (Å²) < 4.78 is 22.5. The van der Waals surface area contributed by atoms with Crippen molar-refractivity contribution in [2.45, 2.75) is 31.0 Å². The molecule has 0 amide bonds. The molecule has 0 saturated carbocycles. The third kappa shape index (κ3) is 5.58. The van der Waals surface area contributed by atoms with E-state index in [-0.39, 0.29) is 4.21 Å². The number of nitrogens with zero attached hydrogens (tertiary/aromatic N) is 1. The van der Waals surface area contributed by atoms with Gasteiger partial charge in [0.05, 0.1) is 6.54 Å². The fourth-order valence-electron chi connectivity index (χ4n) is 1.34. The molecule has 0 unspecified atom stereocenters. The number of aliphatic imine (C=N–C) groups is 1. The van der Waals surface area contributed by atoms with Crippen LogP contribution in [-0.2, 0) is 16.6 Å². The van der Waals surface area contributed by atoms with Gasteiger partial charge in [-0.05, 0) is 25.5 Å². The molecule has 0 aliphatic heterocycles. The number of nitrogens with one attached hydrogen (secondary N) is 2. The monoisotopic (exact) mass is 304 g/mol. The Morgan fingerprint density at radius 3 is 2.63 bits per heavy atom. The van der Waals surface area contributed by atoms with Crippen LogP contribution >= 0.6 is 11.3 Å². The first kappa shape index (κ1) is 15.9. The summed E-state index contributed by atoms with van der Waals surface area (Å²) in [5, 5.41) is 11.4. The molecule has 108 valence electrons. The Balaban J connectivity index is 2.69. The van der Waals surface area contributed by atoms with Crippen molar-refractivity contribution < 1.29 is 8.42 Å². The summed E-state index contributed by atoms with van der Waals surface area (Å²) in [6.45, 7) is 6.13. The lowest BCUT2D eigenvalue weighted by molar-refractivity contribution is 0.600. The molecule has 0 aliphatic rings. The molecule has 1 rings (SSSR count). The molecule has 0 radical (unpaired) electrons. The maximum atomic E-state index is 11.2. The van der Waals surface area contributed by atoms with Gasteiger partial charge >= 0.3 is 0 Å². The lowest BCUT2D eigenvalue weighted by Gasteiger charge is -2.09. The van der Waals surface area contributed by atoms with Gasteiger partial charge in [0.15, 0.2) is 5.96 Å². The Kier molecular flexibility index (Phi) is 6.26. The van der Waals surface area contributed by atoms with Crippen molar-refractivity contribution in [3.05, 3.63) is 17.0 Å². The van der Waals surface area contributed by atoms with Gasteiger partial charge in [-0.1, -0.05) is 6.92 Å². The van der Waals surface area contributed by atoms with E-state index in [1.807, 2.05) is 6.92 Å². The van der Waals surface area contributed by atoms with Gasteiger partial charge in [0.1, 0.15) is 4.21 Å². The Labute approximate surface area is 118 Å². The molecular weight excluding hydrogens is 284 g/mol. The highest BCUT2D eigenvalue weighted by molar-refractivity contribution is 7.91. The van der Waals surface area contributed by atoms with E-state index in [0.717, 1.165) is 41.7 Å². The summed E-state index contributed by atoms with van der Waals surface area (Å²) in [4.78, 5) is 5.24. The van der Waals surface area contributed by atoms with Gasteiger partial charge in [-0.25, -0.2) is 18.5 Å². The Morgan fingerprint density at radius 1 is 1.37 bits per heavy atom. The normalized spacial score (nSPS) is 12.5. The van der Waals surface area contributed by atoms with Crippen LogP contribution in [0.2, 0.25) is 0 Å². The van der Waals surface area contributed by atoms with Crippen molar-refractivity contribution >= 4 is 27.3 Å². The second-order valence-corrected chi connectivity index (χ2v) is 6.84. The van der Waals surface area contributed by atoms with E-state index in [0.29, 0.717) is 6.54 Å². The number of thiophene rings is 1. The molecule has 0 atom stereocenters. The summed E-state index contributed by atoms with van der Waals surface area (Å²) in [5.74, 6) is 0.731. The van der Waals surface area contributed by atoms with Gasteiger partial charge < -0.3 is 10.6 Å². The molecule has 0 bridgehead atoms. The second kappa shape index (κ2) is 7.46. The number of sulfonamides is 1. The van der Waals surface area contributed by atoms with E-state index in [4.69, 9.17) is 5.14 Å². The largest absolute Gasteiger partial charge is 0.357 e. The smallest absolute Gasteiger partial charge is 0.247 e. The first-order chi connectivity index (χ1) is 8.97. The van der Waals surface area contributed by atoms with Crippen LogP contribution in [0, 0.1) is 0 Å². The first-order valence-corrected chi connectivity index (χ1v) is 8.47. The molecule has 6 nitrogen and oxygen atoms in total. The molecule has 1 aromatic rings. The number of hydrogen-bond acceptors (Lipinski definition) is 4. The quantitative estimate of drug-likeness (QED) is 0.536. The third-order valence-corrected chi connectivity index (χ3v) is 4.71. The zero-order chi connectivity index (χ0) is 14.3. The second-order valence-electron chi connectivity index (χ2n) is 3.89. The van der Waals surface area contributed by atoms with Gasteiger partial charge in [-0.2, -0.15) is 0 Å². The molecule has 1 heterocycles. The molecule has 1 aromatic heterocycles. The highest BCUT2D eigenvalue weighted by atomic mass is 32.2. The maximum absolute atomic E-state index is 11.2. The summed E-state index contributed by atoms with van der Waals surface area (Å²) in [6, 6.07) is 3.24. The number of primary sulfonamides is 1. The van der Waals surface area contributed by atoms with Gasteiger partial charge in [-0.15, -0.1) is 11.3 Å². The minimum atomic E-state index is -3.61. The van der Waals surface area contributed by atoms with Gasteiger partial charge in [0.2, 0.25) is 10.0 Å². The van der Waals surface area contributed by atoms with E-state index < -0.39 is 10.0 Å². The minimum Gasteiger partial charge on any atom is -0.357 e. The van der Waals surface area contributed by atoms with E-state index in [2.05, 4.69) is 22.5 Å². The summed E-state index contributed by atoms with van der Waals surface area (Å²) >= 11 is 1.15. The van der Waals surface area contributed by atoms with Gasteiger partial charge in [0.25, 0.3) is 0 Å². The average Bonchev–Trinajstić information content (AvgIpc) is 2.81. The van der Waals surface area contributed by atoms with Crippen LogP contribution in [0.1, 0.15) is 25.1 Å². The lowest BCUT2D eigenvalue weighted by Crippen LogP contribution is -2.37. The molecule has 8 heteroatoms. The van der Waals surface area contributed by atoms with Crippen molar-refractivity contribution in [1.29, 1.82) is 0 Å². The predicted molar refractivity (Wildman–Crippen MR) is 78.8 cm³/mol. The Bertz CT molecular complexity index is 523. The summed E-state index contributed by atoms with van der Waals surface area (Å²) in [7, 11) is -3.61. The van der Waals surface area contributed by atoms with Crippen LogP contribution in [0.15, 0.2) is 21.3 Å². The Hall–Kier alpha value is -1.12. The van der Waals surface area contributed by atoms with Gasteiger partial charge in [0, 0.05) is 18.0 Å². The molecule has 19 heavy (non-hydrogen) atoms. The fraction of sp³-hybridized carbons (Fsp3) is 0.545. The van der Waals surface area contributed by atoms with E-state index in [1.165, 1.54) is 6.07 Å². The lowest BCUT2D eigenvalue weighted by atomic mass is 10.4. The molecule has 0 aromatic carbocycles. The zero-order valence-electron chi connectivity index (χ0n) is 11.1. The average molecular weight is 304 g/mol. The van der Waals surface area contributed by atoms with Crippen LogP contribution in [0.3, 0.4) is 0 Å². The number of rotatable bonds is 6. The van der Waals surface area contributed by atoms with E-state index in [9.17, 15) is 8.42 Å². The number of guanidine groups is 1. The van der Waals surface area contributed by atoms with Crippen molar-refractivity contribution in [1.82, 2.24) is 10.6 Å². The van der Waals surface area contributed by atoms with Crippen molar-refractivity contribution in [3.8, 4) is 0 Å². The van der Waals surface area contributed by atoms with Crippen LogP contribution in [-0.4, -0.2) is 27.5 Å². The molecular formula is C11H20N4O2S2. The highest BCUT2D eigenvalue weighted by Gasteiger charge is 2.10. The SMILES string of the molecule is CCCNC(=NCc1ccc(S(N)(=O)=O)s1)NCC. The standard InChI is InChI=1S/C11H20N4O2S2/c1-3-7-14-11(13-4-2)15-8-9-5-6-10(18-9)19(12,16)17/h5-6H,3-4,7-8H2,1-2H3,(H2,12,16,17)(H2,13,14,15). The highest BCUT2D eigenvalue weighted by Crippen LogP contribution is 2.20. The van der Waals surface area contributed by atoms with E-state index >= 15 is 0 Å². The van der Waals surface area contributed by atoms with Crippen LogP contribution in [0.4, 0.5) is 0 Å². The maximum Gasteiger partial charge on any atom is 0.247 e. The fourth-order valence-corrected chi connectivity index (χ4v) is 3.04. The Morgan fingerprint density at radius 2 is 2.11 bits per heavy atom. The number of hydrogen-bond donors (Lipinski definition) is 3. The summed E-state index contributed by atoms with van der Waals surface area (Å²) in [6.07, 6.45) is 1.01. The molecule has 0 saturated heterocycles. The minimum absolute atomic E-state index is 0.171. The number of nitrogens with two attached hydrogens (primary N) is 1. The third-order valence-electron chi connectivity index (χ3n) is 2.20. The van der Waals surface area contributed by atoms with Crippen molar-refractivity contribution in [2.75, 3.05) is 13.1 Å². The molecule has 0 fully saturated rings. The molecule has 0 aliphatic carbocycles. The van der Waals surface area contributed by atoms with Crippen molar-refractivity contribution in [2.24, 2.45) is 10.1 Å². The van der Waals surface area contributed by atoms with Gasteiger partial charge in [-0.3, -0.25) is 0 Å². The summed E-state index contributed by atoms with van der Waals surface area (Å²) in [5.41, 5.74) is 0. The molecule has 0 spiro atoms. The van der Waals surface area contributed by atoms with E-state index in [1.54, 1.807) is 6.07 Å². The zero-order valence-corrected chi connectivity index (χ0v) is 12.8. The van der Waals surface area contributed by atoms with Crippen LogP contribution in [0.5, 0.6) is 0 Å². The van der Waals surface area contributed by atoms with Crippen LogP contribution in [0.25, 0.3) is 0 Å². The van der Waals surface area contributed by atoms with Crippen molar-refractivity contribution in [3.63, 3.8) is 0 Å². The topological polar surface area (TPSA) is 96.6 Å². The first-order valence-electron chi connectivity index (χ1n) is 6.11.